The van der Waals surface area contributed by atoms with Gasteiger partial charge in [0, 0.05) is 4.91 Å². The molecular formula is C10H9N3. The van der Waals surface area contributed by atoms with E-state index in [1.54, 1.807) is 6.92 Å². The monoisotopic (exact) mass is 171 g/mol. The van der Waals surface area contributed by atoms with Crippen molar-refractivity contribution in [3.63, 3.8) is 0 Å². The summed E-state index contributed by atoms with van der Waals surface area (Å²) in [6.07, 6.45) is 5.31. The molecule has 0 amide bonds. The fraction of sp³-hybridized carbons (Fsp3) is 0.200. The molecule has 1 aromatic rings. The van der Waals surface area contributed by atoms with Gasteiger partial charge < -0.3 is 0 Å². The van der Waals surface area contributed by atoms with E-state index in [9.17, 15) is 0 Å². The van der Waals surface area contributed by atoms with E-state index in [-0.39, 0.29) is 0 Å². The molecule has 0 spiro atoms. The van der Waals surface area contributed by atoms with Crippen molar-refractivity contribution in [2.45, 2.75) is 12.5 Å². The fourth-order valence-corrected chi connectivity index (χ4v) is 1.02. The van der Waals surface area contributed by atoms with Gasteiger partial charge in [0.25, 0.3) is 0 Å². The lowest BCUT2D eigenvalue weighted by atomic mass is 9.94. The highest BCUT2D eigenvalue weighted by Crippen LogP contribution is 2.23. The second kappa shape index (κ2) is 3.66. The van der Waals surface area contributed by atoms with Gasteiger partial charge in [-0.25, -0.2) is 0 Å². The molecule has 1 rings (SSSR count). The molecule has 3 heteroatoms. The fourth-order valence-electron chi connectivity index (χ4n) is 1.02. The van der Waals surface area contributed by atoms with Crippen molar-refractivity contribution in [3.05, 3.63) is 46.3 Å². The Hall–Kier alpha value is -1.91. The van der Waals surface area contributed by atoms with Crippen molar-refractivity contribution in [2.75, 3.05) is 0 Å². The number of rotatable bonds is 2. The Labute approximate surface area is 77.0 Å². The maximum Gasteiger partial charge on any atom is 0.131 e. The van der Waals surface area contributed by atoms with Crippen LogP contribution < -0.4 is 0 Å². The molecule has 0 bridgehead atoms. The smallest absolute Gasteiger partial charge is 0.119 e. The molecule has 0 aliphatic carbocycles. The van der Waals surface area contributed by atoms with Crippen LogP contribution in [0, 0.1) is 12.3 Å². The van der Waals surface area contributed by atoms with E-state index in [0.717, 1.165) is 5.56 Å². The Morgan fingerprint density at radius 2 is 2.08 bits per heavy atom. The van der Waals surface area contributed by atoms with Gasteiger partial charge in [0.05, 0.1) is 0 Å². The third-order valence-corrected chi connectivity index (χ3v) is 1.86. The van der Waals surface area contributed by atoms with Crippen LogP contribution in [0.5, 0.6) is 0 Å². The van der Waals surface area contributed by atoms with E-state index in [2.05, 4.69) is 15.9 Å². The van der Waals surface area contributed by atoms with Gasteiger partial charge in [0.15, 0.2) is 0 Å². The van der Waals surface area contributed by atoms with Crippen molar-refractivity contribution in [2.24, 2.45) is 5.11 Å². The van der Waals surface area contributed by atoms with E-state index < -0.39 is 5.54 Å². The Balaban J connectivity index is 3.20. The Bertz CT molecular complexity index is 371. The Morgan fingerprint density at radius 3 is 2.54 bits per heavy atom. The van der Waals surface area contributed by atoms with Crippen LogP contribution in [0.4, 0.5) is 0 Å². The van der Waals surface area contributed by atoms with Gasteiger partial charge >= 0.3 is 0 Å². The molecule has 0 heterocycles. The molecule has 0 aromatic heterocycles. The summed E-state index contributed by atoms with van der Waals surface area (Å²) in [7, 11) is 0. The molecule has 0 N–H and O–H groups in total. The first-order chi connectivity index (χ1) is 6.23. The molecule has 1 atom stereocenters. The quantitative estimate of drug-likeness (QED) is 0.284. The maximum absolute atomic E-state index is 8.36. The number of hydrogen-bond acceptors (Lipinski definition) is 1. The van der Waals surface area contributed by atoms with Gasteiger partial charge in [-0.15, -0.1) is 6.42 Å². The van der Waals surface area contributed by atoms with Crippen LogP contribution in [0.3, 0.4) is 0 Å². The summed E-state index contributed by atoms with van der Waals surface area (Å²) >= 11 is 0. The lowest BCUT2D eigenvalue weighted by molar-refractivity contribution is 0.651. The number of azide groups is 1. The highest BCUT2D eigenvalue weighted by atomic mass is 15.2. The van der Waals surface area contributed by atoms with Crippen LogP contribution >= 0.6 is 0 Å². The summed E-state index contributed by atoms with van der Waals surface area (Å²) in [5, 5.41) is 3.59. The average Bonchev–Trinajstić information content (AvgIpc) is 2.19. The van der Waals surface area contributed by atoms with E-state index in [0.29, 0.717) is 0 Å². The number of terminal acetylenes is 1. The standard InChI is InChI=1S/C10H9N3/c1-3-10(2,12-13-11)9-7-5-4-6-8-9/h1,4-8H,2H3. The van der Waals surface area contributed by atoms with E-state index >= 15 is 0 Å². The van der Waals surface area contributed by atoms with Crippen molar-refractivity contribution < 1.29 is 0 Å². The molecule has 1 aromatic carbocycles. The molecule has 1 unspecified atom stereocenters. The SMILES string of the molecule is C#CC(C)(N=[N+]=[N-])c1ccccc1. The second-order valence-corrected chi connectivity index (χ2v) is 2.77. The van der Waals surface area contributed by atoms with Crippen LogP contribution in [-0.4, -0.2) is 0 Å². The summed E-state index contributed by atoms with van der Waals surface area (Å²) in [4.78, 5) is 2.74. The summed E-state index contributed by atoms with van der Waals surface area (Å²) in [6, 6.07) is 9.29. The second-order valence-electron chi connectivity index (χ2n) is 2.77. The van der Waals surface area contributed by atoms with Crippen molar-refractivity contribution >= 4 is 0 Å². The average molecular weight is 171 g/mol. The predicted octanol–water partition coefficient (Wildman–Crippen LogP) is 2.85. The van der Waals surface area contributed by atoms with Gasteiger partial charge in [-0.05, 0) is 18.0 Å². The van der Waals surface area contributed by atoms with Gasteiger partial charge in [0.1, 0.15) is 5.54 Å². The predicted molar refractivity (Wildman–Crippen MR) is 51.8 cm³/mol. The van der Waals surface area contributed by atoms with Crippen LogP contribution in [0.1, 0.15) is 12.5 Å². The molecule has 0 radical (unpaired) electrons. The highest BCUT2D eigenvalue weighted by Gasteiger charge is 2.21. The van der Waals surface area contributed by atoms with Gasteiger partial charge in [-0.3, -0.25) is 0 Å². The minimum Gasteiger partial charge on any atom is -0.119 e. The van der Waals surface area contributed by atoms with Gasteiger partial charge in [0.2, 0.25) is 0 Å². The van der Waals surface area contributed by atoms with Crippen LogP contribution in [0.15, 0.2) is 35.4 Å². The first-order valence-electron chi connectivity index (χ1n) is 3.82. The molecule has 0 fully saturated rings. The van der Waals surface area contributed by atoms with Crippen LogP contribution in [0.25, 0.3) is 10.4 Å². The molecule has 0 saturated heterocycles. The minimum atomic E-state index is -0.879. The lowest BCUT2D eigenvalue weighted by Crippen LogP contribution is -2.14. The van der Waals surface area contributed by atoms with E-state index in [1.807, 2.05) is 30.3 Å². The number of nitrogens with zero attached hydrogens (tertiary/aromatic N) is 3. The molecule has 0 aliphatic heterocycles. The molecule has 0 aliphatic rings. The Morgan fingerprint density at radius 1 is 1.46 bits per heavy atom. The van der Waals surface area contributed by atoms with E-state index in [1.165, 1.54) is 0 Å². The molecule has 3 nitrogen and oxygen atoms in total. The zero-order chi connectivity index (χ0) is 9.73. The van der Waals surface area contributed by atoms with E-state index in [4.69, 9.17) is 12.0 Å². The lowest BCUT2D eigenvalue weighted by Gasteiger charge is -2.16. The maximum atomic E-state index is 8.36. The normalized spacial score (nSPS) is 13.5. The summed E-state index contributed by atoms with van der Waals surface area (Å²) in [6.45, 7) is 1.71. The Kier molecular flexibility index (Phi) is 2.59. The van der Waals surface area contributed by atoms with Crippen molar-refractivity contribution in [3.8, 4) is 12.3 Å². The van der Waals surface area contributed by atoms with Crippen molar-refractivity contribution in [1.82, 2.24) is 0 Å². The van der Waals surface area contributed by atoms with Crippen LogP contribution in [0.2, 0.25) is 0 Å². The zero-order valence-electron chi connectivity index (χ0n) is 7.31. The number of benzene rings is 1. The molecule has 0 saturated carbocycles. The van der Waals surface area contributed by atoms with Crippen molar-refractivity contribution in [1.29, 1.82) is 0 Å². The molecule has 13 heavy (non-hydrogen) atoms. The first kappa shape index (κ1) is 9.18. The third-order valence-electron chi connectivity index (χ3n) is 1.86. The van der Waals surface area contributed by atoms with Gasteiger partial charge in [-0.1, -0.05) is 41.4 Å². The number of hydrogen-bond donors (Lipinski definition) is 0. The highest BCUT2D eigenvalue weighted by molar-refractivity contribution is 5.32. The first-order valence-corrected chi connectivity index (χ1v) is 3.82. The summed E-state index contributed by atoms with van der Waals surface area (Å²) in [5.41, 5.74) is 8.31. The summed E-state index contributed by atoms with van der Waals surface area (Å²) in [5.74, 6) is 2.48. The van der Waals surface area contributed by atoms with Gasteiger partial charge in [-0.2, -0.15) is 0 Å². The summed E-state index contributed by atoms with van der Waals surface area (Å²) < 4.78 is 0. The largest absolute Gasteiger partial charge is 0.131 e. The molecular weight excluding hydrogens is 162 g/mol. The zero-order valence-corrected chi connectivity index (χ0v) is 7.31. The topological polar surface area (TPSA) is 48.8 Å². The minimum absolute atomic E-state index is 0.829. The third kappa shape index (κ3) is 1.81. The van der Waals surface area contributed by atoms with Crippen LogP contribution in [-0.2, 0) is 5.54 Å². The molecule has 64 valence electrons.